The van der Waals surface area contributed by atoms with Crippen LogP contribution in [0, 0.1) is 6.92 Å². The largest absolute Gasteiger partial charge is 0.573 e. The minimum Gasteiger partial charge on any atom is -0.452 e. The first-order valence-electron chi connectivity index (χ1n) is 12.2. The van der Waals surface area contributed by atoms with E-state index >= 15 is 0 Å². The summed E-state index contributed by atoms with van der Waals surface area (Å²) in [6.07, 6.45) is -2.96. The number of hydrogen-bond acceptors (Lipinski definition) is 9. The second-order valence-corrected chi connectivity index (χ2v) is 8.88. The van der Waals surface area contributed by atoms with E-state index < -0.39 is 6.36 Å². The molecule has 0 aliphatic carbocycles. The summed E-state index contributed by atoms with van der Waals surface area (Å²) >= 11 is 0. The lowest BCUT2D eigenvalue weighted by Gasteiger charge is -2.26. The topological polar surface area (TPSA) is 89.3 Å². The van der Waals surface area contributed by atoms with Crippen LogP contribution in [0.4, 0.5) is 24.7 Å². The summed E-state index contributed by atoms with van der Waals surface area (Å²) in [7, 11) is 0. The molecule has 5 rings (SSSR count). The molecule has 13 heteroatoms. The van der Waals surface area contributed by atoms with Gasteiger partial charge in [0.05, 0.1) is 25.4 Å². The van der Waals surface area contributed by atoms with E-state index in [9.17, 15) is 13.2 Å². The minimum absolute atomic E-state index is 0.116. The number of benzene rings is 1. The molecule has 10 nitrogen and oxygen atoms in total. The van der Waals surface area contributed by atoms with E-state index in [1.54, 1.807) is 11.2 Å². The molecule has 2 aliphatic rings. The molecule has 2 aromatic heterocycles. The zero-order valence-corrected chi connectivity index (χ0v) is 20.8. The molecule has 2 aliphatic heterocycles. The number of morpholine rings is 1. The van der Waals surface area contributed by atoms with Gasteiger partial charge in [0.2, 0.25) is 0 Å². The van der Waals surface area contributed by atoms with Gasteiger partial charge in [0, 0.05) is 38.1 Å². The number of nitrogens with zero attached hydrogens (tertiary/aromatic N) is 6. The average Bonchev–Trinajstić information content (AvgIpc) is 3.52. The molecule has 0 amide bonds. The van der Waals surface area contributed by atoms with Gasteiger partial charge in [-0.3, -0.25) is 9.58 Å². The Balaban J connectivity index is 1.19. The van der Waals surface area contributed by atoms with Crippen LogP contribution >= 0.6 is 0 Å². The van der Waals surface area contributed by atoms with Crippen LogP contribution in [0.15, 0.2) is 53.8 Å². The van der Waals surface area contributed by atoms with Crippen molar-refractivity contribution in [1.82, 2.24) is 19.7 Å². The normalized spacial score (nSPS) is 16.3. The fourth-order valence-electron chi connectivity index (χ4n) is 4.15. The van der Waals surface area contributed by atoms with Crippen LogP contribution in [0.1, 0.15) is 17.0 Å². The van der Waals surface area contributed by atoms with Gasteiger partial charge in [0.1, 0.15) is 17.3 Å². The van der Waals surface area contributed by atoms with Crippen molar-refractivity contribution in [2.24, 2.45) is 5.10 Å². The number of ether oxygens (including phenoxy) is 3. The summed E-state index contributed by atoms with van der Waals surface area (Å²) < 4.78 is 54.0. The predicted molar refractivity (Wildman–Crippen MR) is 134 cm³/mol. The molecule has 0 atom stereocenters. The van der Waals surface area contributed by atoms with Crippen LogP contribution in [0.5, 0.6) is 5.75 Å². The Morgan fingerprint density at radius 1 is 1.08 bits per heavy atom. The summed E-state index contributed by atoms with van der Waals surface area (Å²) in [6.45, 7) is 7.80. The predicted octanol–water partition coefficient (Wildman–Crippen LogP) is 3.43. The number of alkyl halides is 3. The van der Waals surface area contributed by atoms with Gasteiger partial charge in [-0.05, 0) is 55.0 Å². The Kier molecular flexibility index (Phi) is 7.65. The number of halogens is 3. The van der Waals surface area contributed by atoms with E-state index in [4.69, 9.17) is 9.47 Å². The molecule has 1 N–H and O–H groups in total. The average molecular weight is 532 g/mol. The van der Waals surface area contributed by atoms with Gasteiger partial charge < -0.3 is 19.5 Å². The second-order valence-electron chi connectivity index (χ2n) is 8.88. The first-order chi connectivity index (χ1) is 18.3. The van der Waals surface area contributed by atoms with Gasteiger partial charge in [-0.1, -0.05) is 0 Å². The molecule has 0 saturated carbocycles. The minimum atomic E-state index is -4.74. The number of aromatic nitrogens is 3. The summed E-state index contributed by atoms with van der Waals surface area (Å²) in [5, 5.41) is 14.0. The van der Waals surface area contributed by atoms with Crippen molar-refractivity contribution in [3.63, 3.8) is 0 Å². The van der Waals surface area contributed by atoms with Crippen LogP contribution < -0.4 is 15.1 Å². The van der Waals surface area contributed by atoms with Crippen molar-refractivity contribution in [1.29, 1.82) is 0 Å². The Hall–Kier alpha value is -3.84. The van der Waals surface area contributed by atoms with Gasteiger partial charge in [-0.2, -0.15) is 5.10 Å². The molecule has 38 heavy (non-hydrogen) atoms. The second kappa shape index (κ2) is 11.3. The molecule has 0 bridgehead atoms. The fraction of sp³-hybridized carbons (Fsp3) is 0.400. The summed E-state index contributed by atoms with van der Waals surface area (Å²) in [6, 6.07) is 11.3. The highest BCUT2D eigenvalue weighted by atomic mass is 19.4. The third-order valence-corrected chi connectivity index (χ3v) is 6.10. The van der Waals surface area contributed by atoms with Crippen molar-refractivity contribution >= 4 is 17.4 Å². The van der Waals surface area contributed by atoms with Crippen molar-refractivity contribution in [2.45, 2.75) is 19.8 Å². The van der Waals surface area contributed by atoms with Crippen LogP contribution in [0.3, 0.4) is 0 Å². The highest BCUT2D eigenvalue weighted by molar-refractivity contribution is 5.94. The van der Waals surface area contributed by atoms with E-state index in [0.717, 1.165) is 56.5 Å². The number of hydrazone groups is 1. The lowest BCUT2D eigenvalue weighted by molar-refractivity contribution is -0.274. The molecule has 202 valence electrons. The molecule has 1 fully saturated rings. The number of aryl methyl sites for hydroxylation is 1. The van der Waals surface area contributed by atoms with Gasteiger partial charge in [-0.15, -0.1) is 18.3 Å². The van der Waals surface area contributed by atoms with E-state index in [2.05, 4.69) is 30.1 Å². The Morgan fingerprint density at radius 2 is 1.87 bits per heavy atom. The van der Waals surface area contributed by atoms with Crippen LogP contribution in [-0.4, -0.2) is 78.0 Å². The van der Waals surface area contributed by atoms with E-state index in [1.807, 2.05) is 29.8 Å². The van der Waals surface area contributed by atoms with E-state index in [-0.39, 0.29) is 12.5 Å². The van der Waals surface area contributed by atoms with Crippen LogP contribution in [-0.2, 0) is 16.0 Å². The monoisotopic (exact) mass is 531 g/mol. The molecule has 3 aromatic rings. The smallest absolute Gasteiger partial charge is 0.452 e. The lowest BCUT2D eigenvalue weighted by Crippen LogP contribution is -2.39. The number of nitrogens with one attached hydrogen (secondary N) is 1. The first kappa shape index (κ1) is 25.8. The molecule has 0 radical (unpaired) electrons. The maximum atomic E-state index is 12.4. The van der Waals surface area contributed by atoms with E-state index in [1.165, 1.54) is 24.3 Å². The number of anilines is 2. The number of rotatable bonds is 9. The van der Waals surface area contributed by atoms with Crippen molar-refractivity contribution in [2.75, 3.05) is 56.4 Å². The third kappa shape index (κ3) is 6.72. The Morgan fingerprint density at radius 3 is 2.63 bits per heavy atom. The third-order valence-electron chi connectivity index (χ3n) is 6.10. The fourth-order valence-corrected chi connectivity index (χ4v) is 4.15. The molecule has 1 aromatic carbocycles. The van der Waals surface area contributed by atoms with Gasteiger partial charge in [0.15, 0.2) is 6.73 Å². The Labute approximate surface area is 217 Å². The highest BCUT2D eigenvalue weighted by Gasteiger charge is 2.31. The molecular weight excluding hydrogens is 503 g/mol. The number of hydrogen-bond donors (Lipinski definition) is 1. The van der Waals surface area contributed by atoms with Gasteiger partial charge in [0.25, 0.3) is 5.90 Å². The van der Waals surface area contributed by atoms with Crippen LogP contribution in [0.2, 0.25) is 0 Å². The quantitative estimate of drug-likeness (QED) is 0.450. The molecule has 0 unspecified atom stereocenters. The first-order valence-corrected chi connectivity index (χ1v) is 12.2. The standard InChI is InChI=1S/C25H28F3N7O3/c1-18-14-22(24-32-35(17-37-24)20-2-4-21(5-3-20)38-25(26,27)28)31-34(18)16-19-6-7-29-23(15-19)30-8-9-33-10-12-36-13-11-33/h2-7,14-15H,8-13,16-17H2,1H3,(H,29,30). The molecular formula is C25H28F3N7O3. The maximum Gasteiger partial charge on any atom is 0.573 e. The number of pyridine rings is 1. The molecule has 0 spiro atoms. The zero-order valence-electron chi connectivity index (χ0n) is 20.8. The van der Waals surface area contributed by atoms with Crippen LogP contribution in [0.25, 0.3) is 0 Å². The van der Waals surface area contributed by atoms with Gasteiger partial charge in [-0.25, -0.2) is 9.99 Å². The summed E-state index contributed by atoms with van der Waals surface area (Å²) in [5.41, 5.74) is 3.11. The highest BCUT2D eigenvalue weighted by Crippen LogP contribution is 2.27. The summed E-state index contributed by atoms with van der Waals surface area (Å²) in [5.74, 6) is 0.848. The van der Waals surface area contributed by atoms with Gasteiger partial charge >= 0.3 is 6.36 Å². The summed E-state index contributed by atoms with van der Waals surface area (Å²) in [4.78, 5) is 6.78. The lowest BCUT2D eigenvalue weighted by atomic mass is 10.2. The maximum absolute atomic E-state index is 12.4. The zero-order chi connectivity index (χ0) is 26.5. The van der Waals surface area contributed by atoms with E-state index in [0.29, 0.717) is 23.8 Å². The molecule has 1 saturated heterocycles. The molecule has 4 heterocycles. The van der Waals surface area contributed by atoms with Crippen molar-refractivity contribution in [3.8, 4) is 5.75 Å². The Bertz CT molecular complexity index is 1260. The van der Waals surface area contributed by atoms with Crippen molar-refractivity contribution in [3.05, 3.63) is 65.6 Å². The van der Waals surface area contributed by atoms with Crippen molar-refractivity contribution < 1.29 is 27.4 Å². The SMILES string of the molecule is Cc1cc(C2=NN(c3ccc(OC(F)(F)F)cc3)CO2)nn1Cc1ccnc(NCCN2CCOCC2)c1.